The Labute approximate surface area is 121 Å². The van der Waals surface area contributed by atoms with E-state index in [0.29, 0.717) is 0 Å². The Balaban J connectivity index is 1.79. The molecule has 1 heterocycles. The molecule has 4 heteroatoms. The lowest BCUT2D eigenvalue weighted by molar-refractivity contribution is -0.115. The van der Waals surface area contributed by atoms with Crippen LogP contribution in [0.25, 0.3) is 11.0 Å². The summed E-state index contributed by atoms with van der Waals surface area (Å²) in [6, 6.07) is 11.9. The number of carbonyl (C=O) groups excluding carboxylic acids is 1. The number of amides is 1. The van der Waals surface area contributed by atoms with E-state index < -0.39 is 5.82 Å². The van der Waals surface area contributed by atoms with Gasteiger partial charge in [-0.3, -0.25) is 4.79 Å². The first-order valence-electron chi connectivity index (χ1n) is 6.64. The normalized spacial score (nSPS) is 10.8. The average Bonchev–Trinajstić information content (AvgIpc) is 2.83. The van der Waals surface area contributed by atoms with Crippen molar-refractivity contribution in [3.05, 3.63) is 65.7 Å². The summed E-state index contributed by atoms with van der Waals surface area (Å²) in [5, 5.41) is 3.48. The summed E-state index contributed by atoms with van der Waals surface area (Å²) in [5.74, 6) is -0.720. The average molecular weight is 283 g/mol. The van der Waals surface area contributed by atoms with Gasteiger partial charge in [0.15, 0.2) is 0 Å². The molecule has 0 saturated carbocycles. The van der Waals surface area contributed by atoms with Crippen LogP contribution in [0.4, 0.5) is 10.1 Å². The highest BCUT2D eigenvalue weighted by atomic mass is 19.1. The number of furan rings is 1. The van der Waals surface area contributed by atoms with Crippen LogP contribution in [0.1, 0.15) is 11.1 Å². The molecular weight excluding hydrogens is 269 g/mol. The molecule has 3 rings (SSSR count). The molecule has 0 spiro atoms. The van der Waals surface area contributed by atoms with Crippen molar-refractivity contribution in [1.29, 1.82) is 0 Å². The van der Waals surface area contributed by atoms with Crippen molar-refractivity contribution < 1.29 is 13.6 Å². The van der Waals surface area contributed by atoms with Gasteiger partial charge in [-0.25, -0.2) is 4.39 Å². The van der Waals surface area contributed by atoms with E-state index in [2.05, 4.69) is 5.32 Å². The Hall–Kier alpha value is -2.62. The molecule has 1 N–H and O–H groups in total. The zero-order valence-corrected chi connectivity index (χ0v) is 11.5. The van der Waals surface area contributed by atoms with Crippen LogP contribution in [0.15, 0.2) is 53.1 Å². The molecule has 1 aromatic heterocycles. The van der Waals surface area contributed by atoms with E-state index in [9.17, 15) is 9.18 Å². The second-order valence-electron chi connectivity index (χ2n) is 4.97. The van der Waals surface area contributed by atoms with Gasteiger partial charge in [-0.2, -0.15) is 0 Å². The van der Waals surface area contributed by atoms with Crippen LogP contribution >= 0.6 is 0 Å². The molecule has 3 aromatic rings. The molecule has 0 fully saturated rings. The highest BCUT2D eigenvalue weighted by Crippen LogP contribution is 2.23. The van der Waals surface area contributed by atoms with Gasteiger partial charge in [0.2, 0.25) is 5.91 Å². The van der Waals surface area contributed by atoms with Crippen molar-refractivity contribution in [3.63, 3.8) is 0 Å². The lowest BCUT2D eigenvalue weighted by atomic mass is 10.1. The van der Waals surface area contributed by atoms with E-state index in [4.69, 9.17) is 4.42 Å². The smallest absolute Gasteiger partial charge is 0.229 e. The van der Waals surface area contributed by atoms with Crippen molar-refractivity contribution >= 4 is 22.6 Å². The van der Waals surface area contributed by atoms with Gasteiger partial charge in [0.1, 0.15) is 11.4 Å². The predicted octanol–water partition coefficient (Wildman–Crippen LogP) is 4.06. The van der Waals surface area contributed by atoms with Gasteiger partial charge in [-0.05, 0) is 30.7 Å². The van der Waals surface area contributed by atoms with Gasteiger partial charge in [-0.1, -0.05) is 24.3 Å². The number of halogens is 1. The minimum absolute atomic E-state index is 0.143. The lowest BCUT2D eigenvalue weighted by Crippen LogP contribution is -2.15. The molecular formula is C17H14FNO2. The fraction of sp³-hybridized carbons (Fsp3) is 0.118. The first kappa shape index (κ1) is 13.4. The summed E-state index contributed by atoms with van der Waals surface area (Å²) in [6.45, 7) is 1.98. The molecule has 106 valence electrons. The zero-order chi connectivity index (χ0) is 14.8. The van der Waals surface area contributed by atoms with Gasteiger partial charge in [0.25, 0.3) is 0 Å². The van der Waals surface area contributed by atoms with E-state index in [0.717, 1.165) is 22.1 Å². The van der Waals surface area contributed by atoms with Crippen LogP contribution in [0.3, 0.4) is 0 Å². The number of benzene rings is 2. The van der Waals surface area contributed by atoms with E-state index in [-0.39, 0.29) is 18.0 Å². The number of anilines is 1. The number of fused-ring (bicyclic) bond motifs is 1. The molecule has 0 aliphatic rings. The monoisotopic (exact) mass is 283 g/mol. The zero-order valence-electron chi connectivity index (χ0n) is 11.5. The molecule has 0 atom stereocenters. The Morgan fingerprint density at radius 1 is 1.24 bits per heavy atom. The molecule has 0 saturated heterocycles. The van der Waals surface area contributed by atoms with Gasteiger partial charge >= 0.3 is 0 Å². The molecule has 2 aromatic carbocycles. The minimum atomic E-state index is -0.446. The van der Waals surface area contributed by atoms with Gasteiger partial charge < -0.3 is 9.73 Å². The fourth-order valence-corrected chi connectivity index (χ4v) is 2.26. The number of aryl methyl sites for hydroxylation is 1. The summed E-state index contributed by atoms with van der Waals surface area (Å²) in [4.78, 5) is 12.0. The van der Waals surface area contributed by atoms with Crippen LogP contribution in [0.5, 0.6) is 0 Å². The number of para-hydroxylation sites is 1. The van der Waals surface area contributed by atoms with Crippen molar-refractivity contribution in [2.24, 2.45) is 0 Å². The lowest BCUT2D eigenvalue weighted by Gasteiger charge is -2.05. The molecule has 1 amide bonds. The molecule has 21 heavy (non-hydrogen) atoms. The molecule has 0 aliphatic carbocycles. The quantitative estimate of drug-likeness (QED) is 0.787. The number of hydrogen-bond acceptors (Lipinski definition) is 2. The molecule has 0 bridgehead atoms. The molecule has 0 radical (unpaired) electrons. The minimum Gasteiger partial charge on any atom is -0.464 e. The maximum atomic E-state index is 13.5. The summed E-state index contributed by atoms with van der Waals surface area (Å²) in [7, 11) is 0. The Morgan fingerprint density at radius 2 is 2.05 bits per heavy atom. The first-order chi connectivity index (χ1) is 10.1. The van der Waals surface area contributed by atoms with Crippen LogP contribution in [-0.2, 0) is 11.2 Å². The highest BCUT2D eigenvalue weighted by Gasteiger charge is 2.12. The van der Waals surface area contributed by atoms with Crippen molar-refractivity contribution in [1.82, 2.24) is 0 Å². The second kappa shape index (κ2) is 5.40. The first-order valence-corrected chi connectivity index (χ1v) is 6.64. The van der Waals surface area contributed by atoms with Crippen LogP contribution in [0, 0.1) is 12.7 Å². The SMILES string of the molecule is Cc1ccc2c(CC(=O)Nc3ccccc3F)coc2c1. The summed E-state index contributed by atoms with van der Waals surface area (Å²) >= 11 is 0. The number of carbonyl (C=O) groups is 1. The van der Waals surface area contributed by atoms with Crippen molar-refractivity contribution in [2.75, 3.05) is 5.32 Å². The number of nitrogens with one attached hydrogen (secondary N) is 1. The van der Waals surface area contributed by atoms with Crippen LogP contribution in [0.2, 0.25) is 0 Å². The van der Waals surface area contributed by atoms with Gasteiger partial charge in [0, 0.05) is 10.9 Å². The largest absolute Gasteiger partial charge is 0.464 e. The topological polar surface area (TPSA) is 42.2 Å². The Morgan fingerprint density at radius 3 is 2.86 bits per heavy atom. The van der Waals surface area contributed by atoms with E-state index in [1.807, 2.05) is 25.1 Å². The van der Waals surface area contributed by atoms with Gasteiger partial charge in [0.05, 0.1) is 18.4 Å². The summed E-state index contributed by atoms with van der Waals surface area (Å²) < 4.78 is 18.9. The van der Waals surface area contributed by atoms with Crippen LogP contribution in [-0.4, -0.2) is 5.91 Å². The van der Waals surface area contributed by atoms with Crippen molar-refractivity contribution in [2.45, 2.75) is 13.3 Å². The third kappa shape index (κ3) is 2.79. The standard InChI is InChI=1S/C17H14FNO2/c1-11-6-7-13-12(10-21-16(13)8-11)9-17(20)19-15-5-3-2-4-14(15)18/h2-8,10H,9H2,1H3,(H,19,20). The number of hydrogen-bond donors (Lipinski definition) is 1. The third-order valence-electron chi connectivity index (χ3n) is 3.31. The predicted molar refractivity (Wildman–Crippen MR) is 79.7 cm³/mol. The van der Waals surface area contributed by atoms with E-state index in [1.54, 1.807) is 18.4 Å². The maximum absolute atomic E-state index is 13.5. The third-order valence-corrected chi connectivity index (χ3v) is 3.31. The fourth-order valence-electron chi connectivity index (χ4n) is 2.26. The van der Waals surface area contributed by atoms with Crippen LogP contribution < -0.4 is 5.32 Å². The number of rotatable bonds is 3. The van der Waals surface area contributed by atoms with Crippen molar-refractivity contribution in [3.8, 4) is 0 Å². The molecule has 0 aliphatic heterocycles. The highest BCUT2D eigenvalue weighted by molar-refractivity contribution is 5.95. The van der Waals surface area contributed by atoms with E-state index >= 15 is 0 Å². The maximum Gasteiger partial charge on any atom is 0.229 e. The molecule has 3 nitrogen and oxygen atoms in total. The second-order valence-corrected chi connectivity index (χ2v) is 4.97. The summed E-state index contributed by atoms with van der Waals surface area (Å²) in [6.07, 6.45) is 1.72. The molecule has 0 unspecified atom stereocenters. The summed E-state index contributed by atoms with van der Waals surface area (Å²) in [5.41, 5.74) is 2.83. The van der Waals surface area contributed by atoms with E-state index in [1.165, 1.54) is 12.1 Å². The Bertz CT molecular complexity index is 807. The van der Waals surface area contributed by atoms with Gasteiger partial charge in [-0.15, -0.1) is 0 Å². The Kier molecular flexibility index (Phi) is 3.44.